The third kappa shape index (κ3) is 3.71. The highest BCUT2D eigenvalue weighted by molar-refractivity contribution is 5.42. The lowest BCUT2D eigenvalue weighted by atomic mass is 10.1. The van der Waals surface area contributed by atoms with Gasteiger partial charge in [-0.3, -0.25) is 4.98 Å². The third-order valence-corrected chi connectivity index (χ3v) is 3.08. The fraction of sp³-hybridized carbons (Fsp3) is 0.312. The van der Waals surface area contributed by atoms with Gasteiger partial charge < -0.3 is 15.2 Å². The Kier molecular flexibility index (Phi) is 4.96. The second kappa shape index (κ2) is 6.91. The minimum atomic E-state index is -0.0747. The summed E-state index contributed by atoms with van der Waals surface area (Å²) in [4.78, 5) is 4.09. The highest BCUT2D eigenvalue weighted by Crippen LogP contribution is 2.28. The summed E-state index contributed by atoms with van der Waals surface area (Å²) in [5, 5.41) is 0. The molecule has 0 spiro atoms. The Morgan fingerprint density at radius 1 is 1.30 bits per heavy atom. The Balaban J connectivity index is 2.04. The largest absolute Gasteiger partial charge is 0.497 e. The smallest absolute Gasteiger partial charge is 0.127 e. The van der Waals surface area contributed by atoms with E-state index < -0.39 is 0 Å². The number of hydrogen-bond acceptors (Lipinski definition) is 4. The van der Waals surface area contributed by atoms with Crippen molar-refractivity contribution in [1.29, 1.82) is 0 Å². The van der Waals surface area contributed by atoms with Gasteiger partial charge >= 0.3 is 0 Å². The van der Waals surface area contributed by atoms with Crippen LogP contribution in [-0.2, 0) is 6.42 Å². The number of aromatic nitrogens is 1. The van der Waals surface area contributed by atoms with E-state index in [1.54, 1.807) is 13.3 Å². The van der Waals surface area contributed by atoms with Gasteiger partial charge in [0.1, 0.15) is 11.5 Å². The second-order valence-electron chi connectivity index (χ2n) is 4.65. The Morgan fingerprint density at radius 3 is 2.80 bits per heavy atom. The topological polar surface area (TPSA) is 57.4 Å². The van der Waals surface area contributed by atoms with E-state index in [1.807, 2.05) is 43.5 Å². The molecule has 4 nitrogen and oxygen atoms in total. The summed E-state index contributed by atoms with van der Waals surface area (Å²) in [6.07, 6.45) is 4.42. The van der Waals surface area contributed by atoms with Gasteiger partial charge in [0.25, 0.3) is 0 Å². The van der Waals surface area contributed by atoms with E-state index in [2.05, 4.69) is 4.98 Å². The summed E-state index contributed by atoms with van der Waals surface area (Å²) >= 11 is 0. The maximum Gasteiger partial charge on any atom is 0.127 e. The zero-order valence-corrected chi connectivity index (χ0v) is 11.9. The molecule has 0 amide bonds. The molecule has 0 bridgehead atoms. The SMILES string of the molecule is COc1ccc([C@H](C)N)c(OCCc2cccnc2)c1. The molecule has 0 fully saturated rings. The van der Waals surface area contributed by atoms with Gasteiger partial charge in [-0.15, -0.1) is 0 Å². The van der Waals surface area contributed by atoms with E-state index >= 15 is 0 Å². The van der Waals surface area contributed by atoms with Crippen molar-refractivity contribution in [3.63, 3.8) is 0 Å². The van der Waals surface area contributed by atoms with Crippen LogP contribution in [0.2, 0.25) is 0 Å². The molecule has 0 aliphatic carbocycles. The lowest BCUT2D eigenvalue weighted by molar-refractivity contribution is 0.314. The Hall–Kier alpha value is -2.07. The maximum absolute atomic E-state index is 5.96. The van der Waals surface area contributed by atoms with Crippen molar-refractivity contribution in [1.82, 2.24) is 4.98 Å². The van der Waals surface area contributed by atoms with E-state index in [4.69, 9.17) is 15.2 Å². The molecule has 1 heterocycles. The van der Waals surface area contributed by atoms with Crippen molar-refractivity contribution >= 4 is 0 Å². The van der Waals surface area contributed by atoms with Crippen LogP contribution in [0.5, 0.6) is 11.5 Å². The van der Waals surface area contributed by atoms with Crippen LogP contribution in [0.1, 0.15) is 24.1 Å². The minimum Gasteiger partial charge on any atom is -0.497 e. The van der Waals surface area contributed by atoms with Gasteiger partial charge in [-0.05, 0) is 24.6 Å². The molecule has 0 aliphatic heterocycles. The number of rotatable bonds is 6. The van der Waals surface area contributed by atoms with Crippen LogP contribution in [0.4, 0.5) is 0 Å². The van der Waals surface area contributed by atoms with Crippen LogP contribution < -0.4 is 15.2 Å². The summed E-state index contributed by atoms with van der Waals surface area (Å²) in [7, 11) is 1.64. The van der Waals surface area contributed by atoms with Crippen LogP contribution in [0.3, 0.4) is 0 Å². The summed E-state index contributed by atoms with van der Waals surface area (Å²) < 4.78 is 11.1. The minimum absolute atomic E-state index is 0.0747. The first-order valence-corrected chi connectivity index (χ1v) is 6.66. The van der Waals surface area contributed by atoms with Crippen LogP contribution in [0.15, 0.2) is 42.7 Å². The standard InChI is InChI=1S/C16H20N2O2/c1-12(17)15-6-5-14(19-2)10-16(15)20-9-7-13-4-3-8-18-11-13/h3-6,8,10-12H,7,9,17H2,1-2H3/t12-/m0/s1. The molecule has 4 heteroatoms. The fourth-order valence-corrected chi connectivity index (χ4v) is 1.97. The van der Waals surface area contributed by atoms with Crippen molar-refractivity contribution in [2.24, 2.45) is 5.73 Å². The monoisotopic (exact) mass is 272 g/mol. The zero-order valence-electron chi connectivity index (χ0n) is 11.9. The normalized spacial score (nSPS) is 11.9. The molecule has 0 unspecified atom stereocenters. The van der Waals surface area contributed by atoms with Gasteiger partial charge in [0.2, 0.25) is 0 Å². The van der Waals surface area contributed by atoms with Gasteiger partial charge in [-0.25, -0.2) is 0 Å². The second-order valence-corrected chi connectivity index (χ2v) is 4.65. The molecule has 0 aliphatic rings. The first kappa shape index (κ1) is 14.3. The van der Waals surface area contributed by atoms with Crippen molar-refractivity contribution in [3.8, 4) is 11.5 Å². The van der Waals surface area contributed by atoms with Crippen molar-refractivity contribution in [2.75, 3.05) is 13.7 Å². The molecule has 106 valence electrons. The fourth-order valence-electron chi connectivity index (χ4n) is 1.97. The molecule has 0 saturated carbocycles. The predicted molar refractivity (Wildman–Crippen MR) is 79.0 cm³/mol. The molecule has 1 aromatic heterocycles. The van der Waals surface area contributed by atoms with Crippen molar-refractivity contribution in [3.05, 3.63) is 53.9 Å². The van der Waals surface area contributed by atoms with Gasteiger partial charge in [-0.2, -0.15) is 0 Å². The van der Waals surface area contributed by atoms with E-state index in [0.717, 1.165) is 29.0 Å². The van der Waals surface area contributed by atoms with Crippen molar-refractivity contribution in [2.45, 2.75) is 19.4 Å². The predicted octanol–water partition coefficient (Wildman–Crippen LogP) is 2.73. The number of pyridine rings is 1. The molecular weight excluding hydrogens is 252 g/mol. The van der Waals surface area contributed by atoms with Crippen LogP contribution in [0.25, 0.3) is 0 Å². The highest BCUT2D eigenvalue weighted by atomic mass is 16.5. The Morgan fingerprint density at radius 2 is 2.15 bits per heavy atom. The average Bonchev–Trinajstić information content (AvgIpc) is 2.48. The Labute approximate surface area is 119 Å². The number of ether oxygens (including phenoxy) is 2. The molecule has 2 N–H and O–H groups in total. The number of nitrogens with zero attached hydrogens (tertiary/aromatic N) is 1. The van der Waals surface area contributed by atoms with Crippen molar-refractivity contribution < 1.29 is 9.47 Å². The van der Waals surface area contributed by atoms with Crippen LogP contribution >= 0.6 is 0 Å². The van der Waals surface area contributed by atoms with Gasteiger partial charge in [-0.1, -0.05) is 12.1 Å². The summed E-state index contributed by atoms with van der Waals surface area (Å²) in [6, 6.07) is 9.61. The lowest BCUT2D eigenvalue weighted by Crippen LogP contribution is -2.10. The molecule has 0 saturated heterocycles. The summed E-state index contributed by atoms with van der Waals surface area (Å²) in [5.41, 5.74) is 8.09. The zero-order chi connectivity index (χ0) is 14.4. The molecular formula is C16H20N2O2. The molecule has 2 aromatic rings. The molecule has 0 radical (unpaired) electrons. The average molecular weight is 272 g/mol. The quantitative estimate of drug-likeness (QED) is 0.878. The van der Waals surface area contributed by atoms with Gasteiger partial charge in [0.15, 0.2) is 0 Å². The number of nitrogens with two attached hydrogens (primary N) is 1. The first-order chi connectivity index (χ1) is 9.70. The van der Waals surface area contributed by atoms with Crippen LogP contribution in [-0.4, -0.2) is 18.7 Å². The number of hydrogen-bond donors (Lipinski definition) is 1. The number of benzene rings is 1. The molecule has 2 rings (SSSR count). The van der Waals surface area contributed by atoms with E-state index in [0.29, 0.717) is 6.61 Å². The van der Waals surface area contributed by atoms with Crippen LogP contribution in [0, 0.1) is 0 Å². The molecule has 20 heavy (non-hydrogen) atoms. The summed E-state index contributed by atoms with van der Waals surface area (Å²) in [5.74, 6) is 1.55. The van der Waals surface area contributed by atoms with E-state index in [9.17, 15) is 0 Å². The van der Waals surface area contributed by atoms with E-state index in [-0.39, 0.29) is 6.04 Å². The maximum atomic E-state index is 5.96. The van der Waals surface area contributed by atoms with Gasteiger partial charge in [0, 0.05) is 36.5 Å². The molecule has 1 atom stereocenters. The summed E-state index contributed by atoms with van der Waals surface area (Å²) in [6.45, 7) is 2.52. The van der Waals surface area contributed by atoms with E-state index in [1.165, 1.54) is 0 Å². The van der Waals surface area contributed by atoms with Gasteiger partial charge in [0.05, 0.1) is 13.7 Å². The third-order valence-electron chi connectivity index (χ3n) is 3.08. The Bertz CT molecular complexity index is 541. The first-order valence-electron chi connectivity index (χ1n) is 6.66. The lowest BCUT2D eigenvalue weighted by Gasteiger charge is -2.15. The highest BCUT2D eigenvalue weighted by Gasteiger charge is 2.09. The number of methoxy groups -OCH3 is 1. The molecule has 1 aromatic carbocycles.